The molecular weight excluding hydrogens is 572 g/mol. The van der Waals surface area contributed by atoms with Crippen molar-refractivity contribution >= 4 is 27.4 Å². The highest BCUT2D eigenvalue weighted by atomic mass is 19.1. The smallest absolute Gasteiger partial charge is 0.215 e. The van der Waals surface area contributed by atoms with E-state index in [1.165, 1.54) is 0 Å². The number of aryl methyl sites for hydroxylation is 1. The molecule has 2 unspecified atom stereocenters. The minimum atomic E-state index is -0.875. The Morgan fingerprint density at radius 3 is 2.73 bits per heavy atom. The molecule has 45 heavy (non-hydrogen) atoms. The first kappa shape index (κ1) is 28.5. The van der Waals surface area contributed by atoms with Crippen LogP contribution < -0.4 is 15.0 Å². The zero-order valence-electron chi connectivity index (χ0n) is 25.5. The van der Waals surface area contributed by atoms with Crippen LogP contribution in [0.2, 0.25) is 0 Å². The van der Waals surface area contributed by atoms with Gasteiger partial charge in [-0.3, -0.25) is 4.90 Å². The van der Waals surface area contributed by atoms with Crippen molar-refractivity contribution in [2.45, 2.75) is 69.2 Å². The number of anilines is 1. The molecule has 1 aromatic heterocycles. The van der Waals surface area contributed by atoms with Crippen molar-refractivity contribution in [1.82, 2.24) is 15.2 Å². The molecule has 0 aliphatic carbocycles. The average Bonchev–Trinajstić information content (AvgIpc) is 3.69. The van der Waals surface area contributed by atoms with Gasteiger partial charge in [0.1, 0.15) is 30.2 Å². The Bertz CT molecular complexity index is 1860. The van der Waals surface area contributed by atoms with Crippen molar-refractivity contribution in [1.29, 1.82) is 5.26 Å². The Labute approximate surface area is 261 Å². The molecule has 8 rings (SSSR count). The number of aromatic hydroxyl groups is 1. The summed E-state index contributed by atoms with van der Waals surface area (Å²) < 4.78 is 38.1. The second-order valence-electron chi connectivity index (χ2n) is 13.4. The Balaban J connectivity index is 1.31. The number of hydrogen-bond donors (Lipinski definition) is 2. The molecule has 7 nitrogen and oxygen atoms in total. The molecule has 2 N–H and O–H groups in total. The summed E-state index contributed by atoms with van der Waals surface area (Å²) in [6, 6.07) is 15.3. The quantitative estimate of drug-likeness (QED) is 0.268. The Hall–Kier alpha value is -4.00. The summed E-state index contributed by atoms with van der Waals surface area (Å²) in [6.07, 6.45) is 4.28. The minimum Gasteiger partial charge on any atom is -0.508 e. The number of benzene rings is 3. The van der Waals surface area contributed by atoms with Gasteiger partial charge in [-0.1, -0.05) is 25.1 Å². The zero-order valence-corrected chi connectivity index (χ0v) is 25.5. The first-order chi connectivity index (χ1) is 21.9. The lowest BCUT2D eigenvalue weighted by molar-refractivity contribution is 0.111. The summed E-state index contributed by atoms with van der Waals surface area (Å²) in [6.45, 7) is 5.07. The third-order valence-corrected chi connectivity index (χ3v) is 10.6. The van der Waals surface area contributed by atoms with Gasteiger partial charge in [0.15, 0.2) is 0 Å². The lowest BCUT2D eigenvalue weighted by Gasteiger charge is -2.35. The van der Waals surface area contributed by atoms with Crippen molar-refractivity contribution in [2.24, 2.45) is 0 Å². The Morgan fingerprint density at radius 2 is 1.96 bits per heavy atom. The van der Waals surface area contributed by atoms with E-state index in [9.17, 15) is 14.8 Å². The fourth-order valence-corrected chi connectivity index (χ4v) is 8.59. The van der Waals surface area contributed by atoms with Gasteiger partial charge in [-0.15, -0.1) is 0 Å². The van der Waals surface area contributed by atoms with Crippen molar-refractivity contribution < 1.29 is 18.6 Å². The third-order valence-electron chi connectivity index (χ3n) is 10.6. The maximum absolute atomic E-state index is 17.2. The molecule has 232 valence electrons. The molecule has 5 heterocycles. The summed E-state index contributed by atoms with van der Waals surface area (Å²) in [5.41, 5.74) is 1.47. The van der Waals surface area contributed by atoms with E-state index in [1.54, 1.807) is 24.3 Å². The van der Waals surface area contributed by atoms with E-state index in [4.69, 9.17) is 9.72 Å². The van der Waals surface area contributed by atoms with Crippen LogP contribution in [0.5, 0.6) is 11.6 Å². The molecule has 4 saturated heterocycles. The van der Waals surface area contributed by atoms with Crippen LogP contribution in [0.3, 0.4) is 0 Å². The molecule has 4 atom stereocenters. The van der Waals surface area contributed by atoms with E-state index in [2.05, 4.69) is 21.2 Å². The van der Waals surface area contributed by atoms with Gasteiger partial charge in [-0.05, 0) is 78.7 Å². The first-order valence-electron chi connectivity index (χ1n) is 16.2. The molecule has 2 bridgehead atoms. The van der Waals surface area contributed by atoms with Crippen LogP contribution >= 0.6 is 0 Å². The number of halogens is 2. The average molecular weight is 610 g/mol. The molecule has 9 heteroatoms. The molecule has 4 fully saturated rings. The van der Waals surface area contributed by atoms with E-state index < -0.39 is 12.0 Å². The van der Waals surface area contributed by atoms with Crippen molar-refractivity contribution in [2.75, 3.05) is 37.7 Å². The summed E-state index contributed by atoms with van der Waals surface area (Å²) >= 11 is 0. The van der Waals surface area contributed by atoms with Crippen LogP contribution in [-0.2, 0) is 6.42 Å². The number of ether oxygens (including phenoxy) is 1. The number of fused-ring (bicyclic) bond motifs is 5. The van der Waals surface area contributed by atoms with E-state index in [0.717, 1.165) is 61.7 Å². The van der Waals surface area contributed by atoms with Gasteiger partial charge in [0.2, 0.25) is 5.88 Å². The van der Waals surface area contributed by atoms with E-state index in [0.29, 0.717) is 66.1 Å². The molecule has 4 aliphatic rings. The number of aromatic nitrogens is 1. The second kappa shape index (κ2) is 10.8. The van der Waals surface area contributed by atoms with Gasteiger partial charge >= 0.3 is 0 Å². The highest BCUT2D eigenvalue weighted by Gasteiger charge is 2.49. The lowest BCUT2D eigenvalue weighted by atomic mass is 9.89. The molecule has 0 spiro atoms. The van der Waals surface area contributed by atoms with Crippen LogP contribution in [0.25, 0.3) is 32.7 Å². The molecule has 4 aromatic rings. The number of phenols is 1. The largest absolute Gasteiger partial charge is 0.508 e. The zero-order chi connectivity index (χ0) is 30.9. The van der Waals surface area contributed by atoms with Crippen molar-refractivity contribution in [3.05, 3.63) is 59.4 Å². The first-order valence-corrected chi connectivity index (χ1v) is 16.2. The Kier molecular flexibility index (Phi) is 6.84. The van der Waals surface area contributed by atoms with Crippen LogP contribution in [-0.4, -0.2) is 71.6 Å². The molecule has 4 aliphatic heterocycles. The van der Waals surface area contributed by atoms with Crippen LogP contribution in [0.4, 0.5) is 14.6 Å². The topological polar surface area (TPSA) is 84.7 Å². The number of piperazine rings is 1. The van der Waals surface area contributed by atoms with E-state index in [1.807, 2.05) is 25.1 Å². The van der Waals surface area contributed by atoms with Crippen LogP contribution in [0.1, 0.15) is 50.2 Å². The summed E-state index contributed by atoms with van der Waals surface area (Å²) in [4.78, 5) is 9.36. The van der Waals surface area contributed by atoms with Gasteiger partial charge in [0.05, 0.1) is 17.2 Å². The van der Waals surface area contributed by atoms with Crippen molar-refractivity contribution in [3.63, 3.8) is 0 Å². The van der Waals surface area contributed by atoms with Gasteiger partial charge in [0.25, 0.3) is 0 Å². The molecule has 0 radical (unpaired) electrons. The molecule has 0 saturated carbocycles. The maximum Gasteiger partial charge on any atom is 0.215 e. The fraction of sp³-hybridized carbons (Fsp3) is 0.444. The highest BCUT2D eigenvalue weighted by molar-refractivity contribution is 6.05. The monoisotopic (exact) mass is 609 g/mol. The molecule has 3 aromatic carbocycles. The van der Waals surface area contributed by atoms with Crippen molar-refractivity contribution in [3.8, 4) is 28.8 Å². The third kappa shape index (κ3) is 4.69. The van der Waals surface area contributed by atoms with E-state index >= 15 is 4.39 Å². The number of hydrogen-bond acceptors (Lipinski definition) is 7. The summed E-state index contributed by atoms with van der Waals surface area (Å²) in [7, 11) is 0. The summed E-state index contributed by atoms with van der Waals surface area (Å²) in [5.74, 6) is 0.372. The van der Waals surface area contributed by atoms with Crippen LogP contribution in [0, 0.1) is 17.1 Å². The lowest BCUT2D eigenvalue weighted by Crippen LogP contribution is -2.51. The fourth-order valence-electron chi connectivity index (χ4n) is 8.59. The SMILES string of the molecule is CCc1cccc2cc(O)cc(-c3c(C#N)cc4c(N5CC6CCC(C5)N6)nc(OC[C@@]56CCCN5C[C@H](F)C6)cc4c3F)c12. The number of alkyl halides is 1. The normalized spacial score (nSPS) is 26.1. The van der Waals surface area contributed by atoms with Gasteiger partial charge in [0, 0.05) is 60.5 Å². The Morgan fingerprint density at radius 1 is 1.13 bits per heavy atom. The second-order valence-corrected chi connectivity index (χ2v) is 13.4. The standard InChI is InChI=1S/C36H37F2N5O2/c1-2-21-5-3-6-22-11-27(44)13-30(32(21)22)33-23(16-39)12-29-28(34(33)38)14-31(41-35(29)42-18-25-7-8-26(19-42)40-25)45-20-36-9-4-10-43(36)17-24(37)15-36/h3,5-6,11-14,24-26,40,44H,2,4,7-10,15,17-20H2,1H3/t24-,25?,26?,36+/m1/s1. The predicted octanol–water partition coefficient (Wildman–Crippen LogP) is 6.23. The maximum atomic E-state index is 17.2. The summed E-state index contributed by atoms with van der Waals surface area (Å²) in [5, 5.41) is 27.2. The number of pyridine rings is 1. The number of nitriles is 1. The van der Waals surface area contributed by atoms with Gasteiger partial charge < -0.3 is 20.1 Å². The van der Waals surface area contributed by atoms with E-state index in [-0.39, 0.29) is 22.4 Å². The van der Waals surface area contributed by atoms with Gasteiger partial charge in [-0.2, -0.15) is 10.2 Å². The highest BCUT2D eigenvalue weighted by Crippen LogP contribution is 2.44. The number of phenolic OH excluding ortho intramolecular Hbond substituents is 1. The number of nitrogens with one attached hydrogen (secondary N) is 1. The van der Waals surface area contributed by atoms with Gasteiger partial charge in [-0.25, -0.2) is 8.78 Å². The molecular formula is C36H37F2N5O2. The predicted molar refractivity (Wildman–Crippen MR) is 171 cm³/mol. The minimum absolute atomic E-state index is 0.00739. The van der Waals surface area contributed by atoms with Crippen LogP contribution in [0.15, 0.2) is 42.5 Å². The molecule has 0 amide bonds. The number of nitrogens with zero attached hydrogens (tertiary/aromatic N) is 4. The number of rotatable bonds is 6.